The topological polar surface area (TPSA) is 15.3 Å². The van der Waals surface area contributed by atoms with Crippen LogP contribution in [0.5, 0.6) is 0 Å². The Morgan fingerprint density at radius 1 is 1.25 bits per heavy atom. The van der Waals surface area contributed by atoms with Gasteiger partial charge in [0.2, 0.25) is 0 Å². The third kappa shape index (κ3) is 4.16. The van der Waals surface area contributed by atoms with Crippen molar-refractivity contribution in [2.75, 3.05) is 20.6 Å². The van der Waals surface area contributed by atoms with E-state index in [9.17, 15) is 0 Å². The highest BCUT2D eigenvalue weighted by molar-refractivity contribution is 9.10. The molecular formula is C16H21BrN2S. The van der Waals surface area contributed by atoms with Crippen LogP contribution in [0.15, 0.2) is 46.3 Å². The first-order valence-corrected chi connectivity index (χ1v) is 8.44. The van der Waals surface area contributed by atoms with Crippen LogP contribution < -0.4 is 5.32 Å². The number of nitrogens with zero attached hydrogens (tertiary/aromatic N) is 1. The Balaban J connectivity index is 1.99. The van der Waals surface area contributed by atoms with E-state index in [1.54, 1.807) is 0 Å². The lowest BCUT2D eigenvalue weighted by Gasteiger charge is -2.26. The van der Waals surface area contributed by atoms with Crippen LogP contribution in [0.3, 0.4) is 0 Å². The average molecular weight is 353 g/mol. The highest BCUT2D eigenvalue weighted by Gasteiger charge is 2.16. The van der Waals surface area contributed by atoms with Crippen LogP contribution in [0, 0.1) is 0 Å². The largest absolute Gasteiger partial charge is 0.308 e. The third-order valence-corrected chi connectivity index (χ3v) is 4.93. The lowest BCUT2D eigenvalue weighted by molar-refractivity contribution is 0.285. The maximum Gasteiger partial charge on any atom is 0.0561 e. The molecule has 1 aromatic carbocycles. The lowest BCUT2D eigenvalue weighted by Crippen LogP contribution is -2.32. The van der Waals surface area contributed by atoms with Gasteiger partial charge in [-0.25, -0.2) is 0 Å². The molecule has 0 aliphatic heterocycles. The summed E-state index contributed by atoms with van der Waals surface area (Å²) in [6.07, 6.45) is 0. The van der Waals surface area contributed by atoms with E-state index in [4.69, 9.17) is 0 Å². The van der Waals surface area contributed by atoms with E-state index >= 15 is 0 Å². The highest BCUT2D eigenvalue weighted by Crippen LogP contribution is 2.24. The van der Waals surface area contributed by atoms with Gasteiger partial charge in [0.15, 0.2) is 0 Å². The molecule has 2 atom stereocenters. The summed E-state index contributed by atoms with van der Waals surface area (Å²) < 4.78 is 1.13. The Hall–Kier alpha value is -0.680. The lowest BCUT2D eigenvalue weighted by atomic mass is 10.1. The number of thiophene rings is 1. The maximum absolute atomic E-state index is 3.64. The zero-order valence-electron chi connectivity index (χ0n) is 12.1. The number of likely N-dealkylation sites (N-methyl/N-ethyl adjacent to an activating group) is 1. The van der Waals surface area contributed by atoms with Crippen LogP contribution in [0.2, 0.25) is 0 Å². The van der Waals surface area contributed by atoms with Crippen molar-refractivity contribution in [3.8, 4) is 0 Å². The van der Waals surface area contributed by atoms with Crippen molar-refractivity contribution in [2.24, 2.45) is 0 Å². The van der Waals surface area contributed by atoms with Gasteiger partial charge in [-0.15, -0.1) is 11.3 Å². The van der Waals surface area contributed by atoms with Crippen molar-refractivity contribution in [2.45, 2.75) is 19.0 Å². The Labute approximate surface area is 133 Å². The third-order valence-electron chi connectivity index (χ3n) is 3.46. The molecule has 0 saturated heterocycles. The molecular weight excluding hydrogens is 332 g/mol. The van der Waals surface area contributed by atoms with Crippen molar-refractivity contribution in [3.05, 3.63) is 56.7 Å². The summed E-state index contributed by atoms with van der Waals surface area (Å²) in [5.41, 5.74) is 1.31. The first-order chi connectivity index (χ1) is 9.58. The first-order valence-electron chi connectivity index (χ1n) is 6.76. The van der Waals surface area contributed by atoms with E-state index in [1.807, 2.05) is 11.3 Å². The molecule has 0 amide bonds. The van der Waals surface area contributed by atoms with E-state index < -0.39 is 0 Å². The first kappa shape index (κ1) is 15.7. The Kier molecular flexibility index (Phi) is 5.78. The van der Waals surface area contributed by atoms with Crippen LogP contribution in [0.4, 0.5) is 0 Å². The minimum atomic E-state index is 0.343. The summed E-state index contributed by atoms with van der Waals surface area (Å²) in [7, 11) is 4.27. The van der Waals surface area contributed by atoms with Crippen LogP contribution in [0.25, 0.3) is 0 Å². The van der Waals surface area contributed by atoms with Gasteiger partial charge in [0.25, 0.3) is 0 Å². The number of benzene rings is 1. The summed E-state index contributed by atoms with van der Waals surface area (Å²) in [5.74, 6) is 0. The monoisotopic (exact) mass is 352 g/mol. The normalized spacial score (nSPS) is 14.4. The molecule has 0 spiro atoms. The van der Waals surface area contributed by atoms with Gasteiger partial charge in [0, 0.05) is 21.9 Å². The fourth-order valence-electron chi connectivity index (χ4n) is 2.20. The molecule has 108 valence electrons. The molecule has 1 N–H and O–H groups in total. The van der Waals surface area contributed by atoms with E-state index in [0.717, 1.165) is 11.0 Å². The predicted molar refractivity (Wildman–Crippen MR) is 91.3 cm³/mol. The summed E-state index contributed by atoms with van der Waals surface area (Å²) in [5, 5.41) is 5.78. The van der Waals surface area contributed by atoms with E-state index in [-0.39, 0.29) is 0 Å². The fraction of sp³-hybridized carbons (Fsp3) is 0.375. The molecule has 20 heavy (non-hydrogen) atoms. The van der Waals surface area contributed by atoms with Crippen molar-refractivity contribution in [1.82, 2.24) is 10.2 Å². The summed E-state index contributed by atoms with van der Waals surface area (Å²) in [6, 6.07) is 13.6. The molecule has 2 aromatic rings. The second kappa shape index (κ2) is 7.36. The Morgan fingerprint density at radius 2 is 2.05 bits per heavy atom. The zero-order valence-corrected chi connectivity index (χ0v) is 14.5. The molecule has 2 unspecified atom stereocenters. The molecule has 0 aliphatic rings. The van der Waals surface area contributed by atoms with Crippen LogP contribution in [-0.4, -0.2) is 25.5 Å². The maximum atomic E-state index is 3.64. The number of rotatable bonds is 6. The van der Waals surface area contributed by atoms with Gasteiger partial charge in [-0.05, 0) is 50.2 Å². The highest BCUT2D eigenvalue weighted by atomic mass is 79.9. The summed E-state index contributed by atoms with van der Waals surface area (Å²) in [4.78, 5) is 3.68. The Morgan fingerprint density at radius 3 is 2.65 bits per heavy atom. The molecule has 0 aliphatic carbocycles. The molecule has 0 bridgehead atoms. The SMILES string of the molecule is CC(NCC(c1cccs1)N(C)C)c1cccc(Br)c1. The average Bonchev–Trinajstić information content (AvgIpc) is 2.92. The van der Waals surface area contributed by atoms with Gasteiger partial charge in [-0.3, -0.25) is 0 Å². The number of nitrogens with one attached hydrogen (secondary N) is 1. The van der Waals surface area contributed by atoms with Crippen LogP contribution in [0.1, 0.15) is 29.4 Å². The van der Waals surface area contributed by atoms with Crippen LogP contribution in [-0.2, 0) is 0 Å². The standard InChI is InChI=1S/C16H21BrN2S/c1-12(13-6-4-7-14(17)10-13)18-11-15(19(2)3)16-8-5-9-20-16/h4-10,12,15,18H,11H2,1-3H3. The predicted octanol–water partition coefficient (Wildman–Crippen LogP) is 4.46. The van der Waals surface area contributed by atoms with Gasteiger partial charge in [-0.1, -0.05) is 34.1 Å². The molecule has 4 heteroatoms. The number of hydrogen-bond acceptors (Lipinski definition) is 3. The fourth-order valence-corrected chi connectivity index (χ4v) is 3.54. The molecule has 2 nitrogen and oxygen atoms in total. The van der Waals surface area contributed by atoms with Gasteiger partial charge < -0.3 is 10.2 Å². The van der Waals surface area contributed by atoms with E-state index in [1.165, 1.54) is 10.4 Å². The second-order valence-corrected chi connectivity index (χ2v) is 7.07. The minimum Gasteiger partial charge on any atom is -0.308 e. The van der Waals surface area contributed by atoms with Gasteiger partial charge in [0.05, 0.1) is 6.04 Å². The Bertz CT molecular complexity index is 525. The van der Waals surface area contributed by atoms with E-state index in [2.05, 4.69) is 88.9 Å². The summed E-state index contributed by atoms with van der Waals surface area (Å²) in [6.45, 7) is 3.16. The van der Waals surface area contributed by atoms with Crippen LogP contribution >= 0.6 is 27.3 Å². The van der Waals surface area contributed by atoms with Crippen molar-refractivity contribution >= 4 is 27.3 Å². The summed E-state index contributed by atoms with van der Waals surface area (Å²) >= 11 is 5.35. The van der Waals surface area contributed by atoms with Crippen molar-refractivity contribution in [3.63, 3.8) is 0 Å². The molecule has 2 rings (SSSR count). The van der Waals surface area contributed by atoms with Gasteiger partial charge in [0.1, 0.15) is 0 Å². The molecule has 1 heterocycles. The molecule has 0 radical (unpaired) electrons. The van der Waals surface area contributed by atoms with Gasteiger partial charge in [-0.2, -0.15) is 0 Å². The number of hydrogen-bond donors (Lipinski definition) is 1. The van der Waals surface area contributed by atoms with E-state index in [0.29, 0.717) is 12.1 Å². The smallest absolute Gasteiger partial charge is 0.0561 e. The zero-order chi connectivity index (χ0) is 14.5. The van der Waals surface area contributed by atoms with Crippen molar-refractivity contribution < 1.29 is 0 Å². The van der Waals surface area contributed by atoms with Crippen molar-refractivity contribution in [1.29, 1.82) is 0 Å². The van der Waals surface area contributed by atoms with Gasteiger partial charge >= 0.3 is 0 Å². The molecule has 0 saturated carbocycles. The second-order valence-electron chi connectivity index (χ2n) is 5.18. The molecule has 1 aromatic heterocycles. The number of halogens is 1. The quantitative estimate of drug-likeness (QED) is 0.825. The molecule has 0 fully saturated rings. The minimum absolute atomic E-state index is 0.343.